The molecule has 0 bridgehead atoms. The molecule has 2 N–H and O–H groups in total. The Kier molecular flexibility index (Phi) is 4.44. The number of aryl methyl sites for hydroxylation is 1. The van der Waals surface area contributed by atoms with Crippen LogP contribution in [0, 0.1) is 12.8 Å². The minimum atomic E-state index is 0.0399. The van der Waals surface area contributed by atoms with Gasteiger partial charge in [0.25, 0.3) is 0 Å². The molecule has 1 atom stereocenters. The SMILES string of the molecule is Cc1cc(-c2ccc(NC(=O)C3CCCNC3)nc2)ccn1. The van der Waals surface area contributed by atoms with Crippen LogP contribution in [0.4, 0.5) is 5.82 Å². The molecule has 22 heavy (non-hydrogen) atoms. The molecule has 2 aromatic heterocycles. The van der Waals surface area contributed by atoms with Gasteiger partial charge in [-0.3, -0.25) is 9.78 Å². The third-order valence-corrected chi connectivity index (χ3v) is 3.91. The van der Waals surface area contributed by atoms with Crippen LogP contribution in [0.25, 0.3) is 11.1 Å². The van der Waals surface area contributed by atoms with Crippen LogP contribution in [0.2, 0.25) is 0 Å². The molecule has 3 heterocycles. The van der Waals surface area contributed by atoms with Crippen molar-refractivity contribution in [3.05, 3.63) is 42.4 Å². The molecule has 5 heteroatoms. The molecule has 1 aliphatic heterocycles. The van der Waals surface area contributed by atoms with E-state index in [1.165, 1.54) is 0 Å². The fourth-order valence-corrected chi connectivity index (χ4v) is 2.67. The minimum absolute atomic E-state index is 0.0399. The van der Waals surface area contributed by atoms with Gasteiger partial charge in [0.05, 0.1) is 5.92 Å². The van der Waals surface area contributed by atoms with Gasteiger partial charge in [-0.1, -0.05) is 0 Å². The molecule has 0 radical (unpaired) electrons. The van der Waals surface area contributed by atoms with Gasteiger partial charge in [-0.2, -0.15) is 0 Å². The highest BCUT2D eigenvalue weighted by atomic mass is 16.2. The Morgan fingerprint density at radius 3 is 2.86 bits per heavy atom. The normalized spacial score (nSPS) is 18.0. The summed E-state index contributed by atoms with van der Waals surface area (Å²) in [6, 6.07) is 7.79. The maximum absolute atomic E-state index is 12.2. The average Bonchev–Trinajstić information content (AvgIpc) is 2.56. The lowest BCUT2D eigenvalue weighted by molar-refractivity contribution is -0.120. The lowest BCUT2D eigenvalue weighted by Crippen LogP contribution is -2.37. The maximum atomic E-state index is 12.2. The van der Waals surface area contributed by atoms with Gasteiger partial charge in [0, 0.05) is 30.2 Å². The van der Waals surface area contributed by atoms with Crippen molar-refractivity contribution in [3.8, 4) is 11.1 Å². The minimum Gasteiger partial charge on any atom is -0.316 e. The highest BCUT2D eigenvalue weighted by molar-refractivity contribution is 5.92. The number of carbonyl (C=O) groups is 1. The number of piperidine rings is 1. The smallest absolute Gasteiger partial charge is 0.229 e. The second-order valence-corrected chi connectivity index (χ2v) is 5.65. The summed E-state index contributed by atoms with van der Waals surface area (Å²) in [6.07, 6.45) is 5.55. The van der Waals surface area contributed by atoms with Gasteiger partial charge in [-0.05, 0) is 56.1 Å². The standard InChI is InChI=1S/C17H20N4O/c1-12-9-13(6-8-19-12)14-4-5-16(20-11-14)21-17(22)15-3-2-7-18-10-15/h4-6,8-9,11,15,18H,2-3,7,10H2,1H3,(H,20,21,22). The van der Waals surface area contributed by atoms with Gasteiger partial charge in [-0.15, -0.1) is 0 Å². The molecular weight excluding hydrogens is 276 g/mol. The maximum Gasteiger partial charge on any atom is 0.229 e. The van der Waals surface area contributed by atoms with E-state index >= 15 is 0 Å². The van der Waals surface area contributed by atoms with Crippen LogP contribution in [-0.4, -0.2) is 29.0 Å². The van der Waals surface area contributed by atoms with Crippen molar-refractivity contribution in [2.45, 2.75) is 19.8 Å². The molecular formula is C17H20N4O. The third-order valence-electron chi connectivity index (χ3n) is 3.91. The van der Waals surface area contributed by atoms with Gasteiger partial charge in [0.15, 0.2) is 0 Å². The Hall–Kier alpha value is -2.27. The molecule has 1 unspecified atom stereocenters. The van der Waals surface area contributed by atoms with Crippen LogP contribution in [-0.2, 0) is 4.79 Å². The summed E-state index contributed by atoms with van der Waals surface area (Å²) in [5.74, 6) is 0.690. The second-order valence-electron chi connectivity index (χ2n) is 5.65. The molecule has 1 saturated heterocycles. The van der Waals surface area contributed by atoms with E-state index in [1.807, 2.05) is 31.2 Å². The number of aromatic nitrogens is 2. The molecule has 3 rings (SSSR count). The van der Waals surface area contributed by atoms with Crippen LogP contribution in [0.1, 0.15) is 18.5 Å². The Morgan fingerprint density at radius 1 is 1.27 bits per heavy atom. The number of hydrogen-bond donors (Lipinski definition) is 2. The van der Waals surface area contributed by atoms with Gasteiger partial charge >= 0.3 is 0 Å². The first-order chi connectivity index (χ1) is 10.7. The predicted molar refractivity (Wildman–Crippen MR) is 86.4 cm³/mol. The largest absolute Gasteiger partial charge is 0.316 e. The van der Waals surface area contributed by atoms with E-state index in [-0.39, 0.29) is 11.8 Å². The van der Waals surface area contributed by atoms with Crippen molar-refractivity contribution in [2.24, 2.45) is 5.92 Å². The third kappa shape index (κ3) is 3.49. The van der Waals surface area contributed by atoms with Gasteiger partial charge in [0.2, 0.25) is 5.91 Å². The van der Waals surface area contributed by atoms with E-state index in [2.05, 4.69) is 20.6 Å². The van der Waals surface area contributed by atoms with Crippen molar-refractivity contribution in [1.82, 2.24) is 15.3 Å². The first kappa shape index (κ1) is 14.7. The Labute approximate surface area is 130 Å². The highest BCUT2D eigenvalue weighted by Crippen LogP contribution is 2.20. The molecule has 0 aliphatic carbocycles. The lowest BCUT2D eigenvalue weighted by Gasteiger charge is -2.21. The van der Waals surface area contributed by atoms with Gasteiger partial charge < -0.3 is 10.6 Å². The summed E-state index contributed by atoms with van der Waals surface area (Å²) in [4.78, 5) is 20.7. The summed E-state index contributed by atoms with van der Waals surface area (Å²) in [6.45, 7) is 3.71. The Balaban J connectivity index is 1.67. The summed E-state index contributed by atoms with van der Waals surface area (Å²) in [5.41, 5.74) is 3.07. The zero-order valence-electron chi connectivity index (χ0n) is 12.7. The molecule has 0 saturated carbocycles. The number of anilines is 1. The van der Waals surface area contributed by atoms with Crippen molar-refractivity contribution in [1.29, 1.82) is 0 Å². The molecule has 1 amide bonds. The Morgan fingerprint density at radius 2 is 2.18 bits per heavy atom. The fourth-order valence-electron chi connectivity index (χ4n) is 2.67. The Bertz CT molecular complexity index is 648. The highest BCUT2D eigenvalue weighted by Gasteiger charge is 2.21. The quantitative estimate of drug-likeness (QED) is 0.912. The van der Waals surface area contributed by atoms with E-state index in [0.717, 1.165) is 42.8 Å². The zero-order chi connectivity index (χ0) is 15.4. The monoisotopic (exact) mass is 296 g/mol. The predicted octanol–water partition coefficient (Wildman–Crippen LogP) is 2.39. The summed E-state index contributed by atoms with van der Waals surface area (Å²) >= 11 is 0. The molecule has 114 valence electrons. The number of rotatable bonds is 3. The van der Waals surface area contributed by atoms with Gasteiger partial charge in [-0.25, -0.2) is 4.98 Å². The first-order valence-corrected chi connectivity index (χ1v) is 7.63. The second kappa shape index (κ2) is 6.66. The fraction of sp³-hybridized carbons (Fsp3) is 0.353. The molecule has 2 aromatic rings. The number of nitrogens with one attached hydrogen (secondary N) is 2. The molecule has 0 spiro atoms. The van der Waals surface area contributed by atoms with Crippen LogP contribution in [0.15, 0.2) is 36.7 Å². The molecule has 0 aromatic carbocycles. The van der Waals surface area contributed by atoms with Crippen molar-refractivity contribution < 1.29 is 4.79 Å². The van der Waals surface area contributed by atoms with Crippen LogP contribution in [0.3, 0.4) is 0 Å². The van der Waals surface area contributed by atoms with E-state index in [1.54, 1.807) is 12.4 Å². The topological polar surface area (TPSA) is 66.9 Å². The van der Waals surface area contributed by atoms with Crippen LogP contribution < -0.4 is 10.6 Å². The van der Waals surface area contributed by atoms with Crippen molar-refractivity contribution >= 4 is 11.7 Å². The number of hydrogen-bond acceptors (Lipinski definition) is 4. The summed E-state index contributed by atoms with van der Waals surface area (Å²) < 4.78 is 0. The number of pyridine rings is 2. The number of nitrogens with zero attached hydrogens (tertiary/aromatic N) is 2. The average molecular weight is 296 g/mol. The van der Waals surface area contributed by atoms with E-state index in [4.69, 9.17) is 0 Å². The number of amides is 1. The van der Waals surface area contributed by atoms with Crippen molar-refractivity contribution in [3.63, 3.8) is 0 Å². The van der Waals surface area contributed by atoms with E-state index in [0.29, 0.717) is 5.82 Å². The molecule has 5 nitrogen and oxygen atoms in total. The van der Waals surface area contributed by atoms with Gasteiger partial charge in [0.1, 0.15) is 5.82 Å². The van der Waals surface area contributed by atoms with E-state index < -0.39 is 0 Å². The molecule has 1 aliphatic rings. The zero-order valence-corrected chi connectivity index (χ0v) is 12.7. The van der Waals surface area contributed by atoms with E-state index in [9.17, 15) is 4.79 Å². The first-order valence-electron chi connectivity index (χ1n) is 7.63. The van der Waals surface area contributed by atoms with Crippen molar-refractivity contribution in [2.75, 3.05) is 18.4 Å². The number of carbonyl (C=O) groups excluding carboxylic acids is 1. The van der Waals surface area contributed by atoms with Crippen LogP contribution >= 0.6 is 0 Å². The summed E-state index contributed by atoms with van der Waals surface area (Å²) in [5, 5.41) is 6.15. The lowest BCUT2D eigenvalue weighted by atomic mass is 9.99. The summed E-state index contributed by atoms with van der Waals surface area (Å²) in [7, 11) is 0. The molecule has 1 fully saturated rings. The van der Waals surface area contributed by atoms with Crippen LogP contribution in [0.5, 0.6) is 0 Å².